The minimum Gasteiger partial charge on any atom is -0.170 e. The Bertz CT molecular complexity index is 79.5. The molecule has 0 aliphatic heterocycles. The molecule has 0 heterocycles. The van der Waals surface area contributed by atoms with Gasteiger partial charge in [-0.15, -0.1) is 0 Å². The van der Waals surface area contributed by atoms with Crippen molar-refractivity contribution < 1.29 is 13.2 Å². The molecule has 0 aromatic heterocycles. The summed E-state index contributed by atoms with van der Waals surface area (Å²) >= 11 is 14.2. The van der Waals surface area contributed by atoms with Crippen molar-refractivity contribution in [1.29, 1.82) is 0 Å². The van der Waals surface area contributed by atoms with Gasteiger partial charge in [-0.2, -0.15) is 13.2 Å². The molecule has 0 fully saturated rings. The van der Waals surface area contributed by atoms with E-state index in [1.54, 1.807) is 0 Å². The van der Waals surface area contributed by atoms with Gasteiger partial charge in [-0.25, -0.2) is 0 Å². The molecule has 0 amide bonds. The zero-order valence-corrected chi connectivity index (χ0v) is 6.04. The van der Waals surface area contributed by atoms with Gasteiger partial charge in [0, 0.05) is 0 Å². The molecule has 0 saturated heterocycles. The second-order valence-electron chi connectivity index (χ2n) is 1.12. The summed E-state index contributed by atoms with van der Waals surface area (Å²) in [4.78, 5) is 0. The first kappa shape index (κ1) is 9.66. The van der Waals surface area contributed by atoms with Gasteiger partial charge in [0.15, 0.2) is 6.42 Å². The van der Waals surface area contributed by atoms with Crippen molar-refractivity contribution in [2.75, 3.05) is 0 Å². The second kappa shape index (κ2) is 2.72. The van der Waals surface area contributed by atoms with Crippen LogP contribution in [0.25, 0.3) is 0 Å². The maximum absolute atomic E-state index is 11.2. The molecule has 2 radical (unpaired) electrons. The van der Waals surface area contributed by atoms with Crippen LogP contribution < -0.4 is 0 Å². The summed E-state index contributed by atoms with van der Waals surface area (Å²) in [6, 6.07) is 0. The Morgan fingerprint density at radius 3 is 1.33 bits per heavy atom. The average molecular weight is 199 g/mol. The van der Waals surface area contributed by atoms with E-state index in [0.717, 1.165) is 6.42 Å². The van der Waals surface area contributed by atoms with E-state index >= 15 is 0 Å². The summed E-state index contributed by atoms with van der Waals surface area (Å²) < 4.78 is 31.1. The third kappa shape index (κ3) is 8.66. The van der Waals surface area contributed by atoms with Crippen LogP contribution in [0.1, 0.15) is 0 Å². The maximum Gasteiger partial charge on any atom is 0.400 e. The van der Waals surface area contributed by atoms with Crippen LogP contribution in [0.2, 0.25) is 0 Å². The van der Waals surface area contributed by atoms with E-state index in [-0.39, 0.29) is 0 Å². The fourth-order valence-electron chi connectivity index (χ4n) is 0.161. The van der Waals surface area contributed by atoms with Crippen molar-refractivity contribution in [2.45, 2.75) is 9.97 Å². The predicted octanol–water partition coefficient (Wildman–Crippen LogP) is 3.00. The van der Waals surface area contributed by atoms with E-state index in [9.17, 15) is 13.2 Å². The summed E-state index contributed by atoms with van der Waals surface area (Å²) in [5, 5.41) is 0. The van der Waals surface area contributed by atoms with E-state index < -0.39 is 9.97 Å². The highest BCUT2D eigenvalue weighted by atomic mass is 35.6. The van der Waals surface area contributed by atoms with E-state index in [1.165, 1.54) is 0 Å². The number of rotatable bonds is 0. The normalized spacial score (nSPS) is 14.0. The van der Waals surface area contributed by atoms with E-state index in [4.69, 9.17) is 34.8 Å². The molecule has 0 bridgehead atoms. The van der Waals surface area contributed by atoms with Gasteiger partial charge in [-0.3, -0.25) is 0 Å². The summed E-state index contributed by atoms with van der Waals surface area (Å²) in [5.74, 6) is 0. The first-order chi connectivity index (χ1) is 3.71. The summed E-state index contributed by atoms with van der Waals surface area (Å²) in [6.07, 6.45) is -3.91. The van der Waals surface area contributed by atoms with Gasteiger partial charge in [0.25, 0.3) is 0 Å². The Kier molecular flexibility index (Phi) is 2.92. The van der Waals surface area contributed by atoms with Crippen molar-refractivity contribution in [1.82, 2.24) is 0 Å². The molecule has 0 saturated carbocycles. The van der Waals surface area contributed by atoms with Crippen molar-refractivity contribution in [3.8, 4) is 0 Å². The summed E-state index contributed by atoms with van der Waals surface area (Å²) in [5.41, 5.74) is 0. The largest absolute Gasteiger partial charge is 0.400 e. The molecule has 0 spiro atoms. The summed E-state index contributed by atoms with van der Waals surface area (Å²) in [6.45, 7) is 0. The van der Waals surface area contributed by atoms with Gasteiger partial charge in [-0.05, 0) is 0 Å². The first-order valence-electron chi connectivity index (χ1n) is 1.63. The first-order valence-corrected chi connectivity index (χ1v) is 2.77. The molecule has 9 heavy (non-hydrogen) atoms. The lowest BCUT2D eigenvalue weighted by Gasteiger charge is -2.10. The molecular weight excluding hydrogens is 199 g/mol. The molecule has 0 unspecified atom stereocenters. The number of hydrogen-bond donors (Lipinski definition) is 0. The van der Waals surface area contributed by atoms with Crippen molar-refractivity contribution in [2.24, 2.45) is 0 Å². The minimum atomic E-state index is -4.66. The maximum atomic E-state index is 11.2. The van der Waals surface area contributed by atoms with Gasteiger partial charge >= 0.3 is 6.18 Å². The van der Waals surface area contributed by atoms with Crippen LogP contribution in [-0.2, 0) is 0 Å². The van der Waals surface area contributed by atoms with Gasteiger partial charge in [-0.1, -0.05) is 34.8 Å². The van der Waals surface area contributed by atoms with E-state index in [2.05, 4.69) is 0 Å². The third-order valence-electron chi connectivity index (χ3n) is 0.283. The Hall–Kier alpha value is 0.660. The molecule has 0 aliphatic rings. The SMILES string of the molecule is FC(F)(F)[C]C(Cl)(Cl)Cl. The molecule has 0 atom stereocenters. The van der Waals surface area contributed by atoms with Crippen LogP contribution in [0, 0.1) is 6.42 Å². The number of halogens is 6. The van der Waals surface area contributed by atoms with Crippen LogP contribution in [0.3, 0.4) is 0 Å². The Labute approximate surface area is 64.9 Å². The third-order valence-corrected chi connectivity index (χ3v) is 0.567. The van der Waals surface area contributed by atoms with Crippen molar-refractivity contribution >= 4 is 34.8 Å². The molecule has 54 valence electrons. The molecule has 0 aromatic rings. The lowest BCUT2D eigenvalue weighted by molar-refractivity contribution is -0.0969. The average Bonchev–Trinajstić information content (AvgIpc) is 1.14. The Balaban J connectivity index is 3.75. The van der Waals surface area contributed by atoms with Gasteiger partial charge in [0.1, 0.15) is 0 Å². The van der Waals surface area contributed by atoms with Crippen LogP contribution in [0.4, 0.5) is 13.2 Å². The summed E-state index contributed by atoms with van der Waals surface area (Å²) in [7, 11) is 0. The second-order valence-corrected chi connectivity index (χ2v) is 3.40. The quantitative estimate of drug-likeness (QED) is 0.526. The lowest BCUT2D eigenvalue weighted by Crippen LogP contribution is -2.19. The number of alkyl halides is 6. The predicted molar refractivity (Wildman–Crippen MR) is 29.6 cm³/mol. The highest BCUT2D eigenvalue weighted by molar-refractivity contribution is 6.68. The van der Waals surface area contributed by atoms with Gasteiger partial charge < -0.3 is 0 Å². The van der Waals surface area contributed by atoms with Crippen LogP contribution >= 0.6 is 34.8 Å². The lowest BCUT2D eigenvalue weighted by atomic mass is 10.5. The molecule has 0 aliphatic carbocycles. The monoisotopic (exact) mass is 198 g/mol. The van der Waals surface area contributed by atoms with E-state index in [0.29, 0.717) is 0 Å². The molecule has 0 N–H and O–H groups in total. The molecular formula is C3Cl3F3. The van der Waals surface area contributed by atoms with Crippen LogP contribution in [0.5, 0.6) is 0 Å². The standard InChI is InChI=1S/C3Cl3F3/c4-2(5,6)1-3(7,8)9. The smallest absolute Gasteiger partial charge is 0.170 e. The highest BCUT2D eigenvalue weighted by Crippen LogP contribution is 2.37. The molecule has 0 aromatic carbocycles. The van der Waals surface area contributed by atoms with Crippen molar-refractivity contribution in [3.05, 3.63) is 6.42 Å². The topological polar surface area (TPSA) is 0 Å². The fraction of sp³-hybridized carbons (Fsp3) is 0.667. The molecule has 0 nitrogen and oxygen atoms in total. The zero-order valence-electron chi connectivity index (χ0n) is 3.77. The Morgan fingerprint density at radius 1 is 1.00 bits per heavy atom. The van der Waals surface area contributed by atoms with Gasteiger partial charge in [0.05, 0.1) is 0 Å². The highest BCUT2D eigenvalue weighted by Gasteiger charge is 2.40. The fourth-order valence-corrected chi connectivity index (χ4v) is 0.482. The Morgan fingerprint density at radius 2 is 1.33 bits per heavy atom. The number of hydrogen-bond acceptors (Lipinski definition) is 0. The van der Waals surface area contributed by atoms with Crippen LogP contribution in [-0.4, -0.2) is 9.97 Å². The molecule has 6 heteroatoms. The van der Waals surface area contributed by atoms with Crippen LogP contribution in [0.15, 0.2) is 0 Å². The zero-order chi connectivity index (χ0) is 7.71. The minimum absolute atomic E-state index is 0.755. The van der Waals surface area contributed by atoms with E-state index in [1.807, 2.05) is 0 Å². The molecule has 0 rings (SSSR count). The van der Waals surface area contributed by atoms with Crippen molar-refractivity contribution in [3.63, 3.8) is 0 Å². The van der Waals surface area contributed by atoms with Gasteiger partial charge in [0.2, 0.25) is 3.79 Å².